The first-order valence-electron chi connectivity index (χ1n) is 8.39. The minimum absolute atomic E-state index is 0.202. The van der Waals surface area contributed by atoms with Crippen molar-refractivity contribution in [1.29, 1.82) is 0 Å². The number of rotatable bonds is 4. The van der Waals surface area contributed by atoms with E-state index in [9.17, 15) is 13.2 Å². The summed E-state index contributed by atoms with van der Waals surface area (Å²) in [6, 6.07) is 13.7. The van der Waals surface area contributed by atoms with Gasteiger partial charge in [-0.15, -0.1) is 13.2 Å². The van der Waals surface area contributed by atoms with Crippen molar-refractivity contribution in [2.75, 3.05) is 13.1 Å². The number of hydrogen-bond donors (Lipinski definition) is 0. The summed E-state index contributed by atoms with van der Waals surface area (Å²) >= 11 is 0. The molecule has 2 heterocycles. The molecule has 1 aliphatic rings. The average molecular weight is 362 g/mol. The predicted molar refractivity (Wildman–Crippen MR) is 89.8 cm³/mol. The number of halogens is 3. The zero-order valence-corrected chi connectivity index (χ0v) is 13.9. The highest BCUT2D eigenvalue weighted by Gasteiger charge is 2.31. The Hall–Kier alpha value is -2.54. The summed E-state index contributed by atoms with van der Waals surface area (Å²) in [5.74, 6) is 0.782. The molecule has 4 nitrogen and oxygen atoms in total. The van der Waals surface area contributed by atoms with Crippen LogP contribution in [0.2, 0.25) is 0 Å². The van der Waals surface area contributed by atoms with E-state index in [1.807, 2.05) is 24.3 Å². The Kier molecular flexibility index (Phi) is 4.32. The molecule has 1 atom stereocenters. The van der Waals surface area contributed by atoms with E-state index in [-0.39, 0.29) is 11.7 Å². The Labute approximate surface area is 148 Å². The molecule has 0 N–H and O–H groups in total. The lowest BCUT2D eigenvalue weighted by Gasteiger charge is -2.16. The van der Waals surface area contributed by atoms with Gasteiger partial charge in [-0.3, -0.25) is 4.90 Å². The Morgan fingerprint density at radius 3 is 2.62 bits per heavy atom. The number of oxazole rings is 1. The average Bonchev–Trinajstić information content (AvgIpc) is 3.21. The van der Waals surface area contributed by atoms with Crippen LogP contribution in [-0.2, 0) is 6.54 Å². The molecule has 136 valence electrons. The Balaban J connectivity index is 1.38. The molecule has 1 saturated heterocycles. The maximum Gasteiger partial charge on any atom is 0.573 e. The van der Waals surface area contributed by atoms with Crippen molar-refractivity contribution >= 4 is 11.1 Å². The van der Waals surface area contributed by atoms with Crippen LogP contribution in [0.4, 0.5) is 13.2 Å². The summed E-state index contributed by atoms with van der Waals surface area (Å²) < 4.78 is 46.4. The van der Waals surface area contributed by atoms with E-state index in [2.05, 4.69) is 14.6 Å². The molecular formula is C19H17F3N2O2. The highest BCUT2D eigenvalue weighted by atomic mass is 19.4. The quantitative estimate of drug-likeness (QED) is 0.673. The van der Waals surface area contributed by atoms with Gasteiger partial charge in [-0.25, -0.2) is 4.98 Å². The molecule has 0 aliphatic carbocycles. The van der Waals surface area contributed by atoms with E-state index in [0.717, 1.165) is 42.1 Å². The zero-order chi connectivity index (χ0) is 18.1. The summed E-state index contributed by atoms with van der Waals surface area (Å²) in [6.07, 6.45) is -3.72. The Morgan fingerprint density at radius 2 is 1.88 bits per heavy atom. The fraction of sp³-hybridized carbons (Fsp3) is 0.316. The van der Waals surface area contributed by atoms with Gasteiger partial charge in [0.2, 0.25) is 0 Å². The van der Waals surface area contributed by atoms with Gasteiger partial charge in [-0.2, -0.15) is 0 Å². The van der Waals surface area contributed by atoms with Crippen LogP contribution in [0.25, 0.3) is 11.1 Å². The summed E-state index contributed by atoms with van der Waals surface area (Å²) in [5, 5.41) is 0. The lowest BCUT2D eigenvalue weighted by molar-refractivity contribution is -0.274. The molecule has 4 rings (SSSR count). The third-order valence-corrected chi connectivity index (χ3v) is 4.50. The van der Waals surface area contributed by atoms with Crippen LogP contribution in [0.15, 0.2) is 52.9 Å². The first-order chi connectivity index (χ1) is 12.5. The Morgan fingerprint density at radius 1 is 1.12 bits per heavy atom. The smallest absolute Gasteiger partial charge is 0.440 e. The van der Waals surface area contributed by atoms with E-state index in [0.29, 0.717) is 6.54 Å². The fourth-order valence-corrected chi connectivity index (χ4v) is 3.30. The molecule has 2 aromatic carbocycles. The van der Waals surface area contributed by atoms with Crippen LogP contribution in [-0.4, -0.2) is 29.3 Å². The van der Waals surface area contributed by atoms with Crippen molar-refractivity contribution in [2.45, 2.75) is 25.2 Å². The summed E-state index contributed by atoms with van der Waals surface area (Å²) in [7, 11) is 0. The van der Waals surface area contributed by atoms with Gasteiger partial charge in [0, 0.05) is 19.0 Å². The molecule has 0 amide bonds. The molecule has 26 heavy (non-hydrogen) atoms. The first-order valence-corrected chi connectivity index (χ1v) is 8.39. The highest BCUT2D eigenvalue weighted by Crippen LogP contribution is 2.30. The van der Waals surface area contributed by atoms with E-state index in [1.165, 1.54) is 12.1 Å². The van der Waals surface area contributed by atoms with E-state index in [1.54, 1.807) is 12.1 Å². The van der Waals surface area contributed by atoms with Gasteiger partial charge >= 0.3 is 6.36 Å². The van der Waals surface area contributed by atoms with Crippen LogP contribution >= 0.6 is 0 Å². The van der Waals surface area contributed by atoms with Gasteiger partial charge < -0.3 is 9.15 Å². The van der Waals surface area contributed by atoms with Gasteiger partial charge in [0.1, 0.15) is 11.3 Å². The van der Waals surface area contributed by atoms with Gasteiger partial charge in [0.25, 0.3) is 0 Å². The fourth-order valence-electron chi connectivity index (χ4n) is 3.30. The molecule has 1 unspecified atom stereocenters. The van der Waals surface area contributed by atoms with Crippen LogP contribution < -0.4 is 4.74 Å². The van der Waals surface area contributed by atoms with Gasteiger partial charge in [-0.05, 0) is 42.8 Å². The van der Waals surface area contributed by atoms with Crippen molar-refractivity contribution in [1.82, 2.24) is 9.88 Å². The normalized spacial score (nSPS) is 18.5. The number of alkyl halides is 3. The van der Waals surface area contributed by atoms with Crippen molar-refractivity contribution in [3.05, 3.63) is 60.0 Å². The maximum absolute atomic E-state index is 12.2. The predicted octanol–water partition coefficient (Wildman–Crippen LogP) is 4.72. The molecule has 1 fully saturated rings. The summed E-state index contributed by atoms with van der Waals surface area (Å²) in [5.41, 5.74) is 2.60. The van der Waals surface area contributed by atoms with E-state index in [4.69, 9.17) is 4.42 Å². The molecule has 0 radical (unpaired) electrons. The maximum atomic E-state index is 12.2. The number of benzene rings is 2. The molecule has 0 bridgehead atoms. The van der Waals surface area contributed by atoms with E-state index < -0.39 is 6.36 Å². The molecule has 0 saturated carbocycles. The molecule has 7 heteroatoms. The lowest BCUT2D eigenvalue weighted by atomic mass is 10.1. The largest absolute Gasteiger partial charge is 0.573 e. The van der Waals surface area contributed by atoms with Crippen molar-refractivity contribution in [2.24, 2.45) is 0 Å². The lowest BCUT2D eigenvalue weighted by Crippen LogP contribution is -2.20. The number of hydrogen-bond acceptors (Lipinski definition) is 4. The number of para-hydroxylation sites is 2. The second-order valence-corrected chi connectivity index (χ2v) is 6.43. The molecule has 3 aromatic rings. The summed E-state index contributed by atoms with van der Waals surface area (Å²) in [6.45, 7) is 2.38. The number of aromatic nitrogens is 1. The first kappa shape index (κ1) is 16.9. The van der Waals surface area contributed by atoms with Gasteiger partial charge in [-0.1, -0.05) is 24.3 Å². The second kappa shape index (κ2) is 6.64. The molecule has 0 spiro atoms. The van der Waals surface area contributed by atoms with Crippen LogP contribution in [0.3, 0.4) is 0 Å². The van der Waals surface area contributed by atoms with Gasteiger partial charge in [0.15, 0.2) is 11.5 Å². The minimum Gasteiger partial charge on any atom is -0.440 e. The van der Waals surface area contributed by atoms with Crippen LogP contribution in [0, 0.1) is 0 Å². The standard InChI is InChI=1S/C19H17F3N2O2/c20-19(21,22)26-15-7-5-13(6-8-15)11-24-10-9-14(12-24)18-23-16-3-1-2-4-17(16)25-18/h1-8,14H,9-12H2. The SMILES string of the molecule is FC(F)(F)Oc1ccc(CN2CCC(c3nc4ccccc4o3)C2)cc1. The number of ether oxygens (including phenoxy) is 1. The number of fused-ring (bicyclic) bond motifs is 1. The third kappa shape index (κ3) is 3.83. The number of nitrogens with zero attached hydrogens (tertiary/aromatic N) is 2. The highest BCUT2D eigenvalue weighted by molar-refractivity contribution is 5.72. The minimum atomic E-state index is -4.66. The Bertz CT molecular complexity index is 857. The monoisotopic (exact) mass is 362 g/mol. The van der Waals surface area contributed by atoms with Gasteiger partial charge in [0.05, 0.1) is 0 Å². The van der Waals surface area contributed by atoms with E-state index >= 15 is 0 Å². The topological polar surface area (TPSA) is 38.5 Å². The van der Waals surface area contributed by atoms with Crippen LogP contribution in [0.5, 0.6) is 5.75 Å². The third-order valence-electron chi connectivity index (χ3n) is 4.50. The number of likely N-dealkylation sites (tertiary alicyclic amines) is 1. The second-order valence-electron chi connectivity index (χ2n) is 6.43. The van der Waals surface area contributed by atoms with Crippen LogP contribution in [0.1, 0.15) is 23.8 Å². The van der Waals surface area contributed by atoms with Crippen molar-refractivity contribution in [3.8, 4) is 5.75 Å². The van der Waals surface area contributed by atoms with Crippen molar-refractivity contribution < 1.29 is 22.3 Å². The molecule has 1 aromatic heterocycles. The van der Waals surface area contributed by atoms with Crippen molar-refractivity contribution in [3.63, 3.8) is 0 Å². The summed E-state index contributed by atoms with van der Waals surface area (Å²) in [4.78, 5) is 6.81. The molecular weight excluding hydrogens is 345 g/mol. The zero-order valence-electron chi connectivity index (χ0n) is 13.9. The molecule has 1 aliphatic heterocycles.